The third-order valence-electron chi connectivity index (χ3n) is 13.9. The van der Waals surface area contributed by atoms with E-state index in [0.29, 0.717) is 74.5 Å². The summed E-state index contributed by atoms with van der Waals surface area (Å²) in [6.45, 7) is 5.87. The lowest BCUT2D eigenvalue weighted by Crippen LogP contribution is -2.54. The molecule has 2 atom stereocenters. The number of carbonyl (C=O) groups is 6. The Hall–Kier alpha value is -5.93. The molecule has 5 heterocycles. The van der Waals surface area contributed by atoms with E-state index < -0.39 is 29.7 Å². The molecule has 3 aromatic carbocycles. The molecule has 6 amide bonds. The summed E-state index contributed by atoms with van der Waals surface area (Å²) < 4.78 is 20.4. The number of halogens is 2. The third kappa shape index (κ3) is 8.92. The summed E-state index contributed by atoms with van der Waals surface area (Å²) in [5, 5.41) is 6.61. The minimum atomic E-state index is -1.01. The van der Waals surface area contributed by atoms with Crippen molar-refractivity contribution in [3.63, 3.8) is 0 Å². The summed E-state index contributed by atoms with van der Waals surface area (Å²) in [7, 11) is 0. The van der Waals surface area contributed by atoms with E-state index in [-0.39, 0.29) is 66.1 Å². The highest BCUT2D eigenvalue weighted by molar-refractivity contribution is 6.32. The number of rotatable bonds is 10. The SMILES string of the molecule is C[C@@H](C(=O)Nc1ccc(Cl)c(OC2CCN(C(=O)CN3CCN(c4ccc5c(c4)C(=O)N(C4CCC(=O)NC4=O)C5=O)CC3)CC2)c1)[C@H]1CC[C@@H](c2ccnc3ccc(F)cc32)CC1. The van der Waals surface area contributed by atoms with Gasteiger partial charge in [-0.1, -0.05) is 18.5 Å². The highest BCUT2D eigenvalue weighted by Gasteiger charge is 2.45. The Kier molecular flexibility index (Phi) is 12.4. The average molecular weight is 892 g/mol. The predicted molar refractivity (Wildman–Crippen MR) is 238 cm³/mol. The van der Waals surface area contributed by atoms with Gasteiger partial charge in [0.05, 0.1) is 28.2 Å². The zero-order valence-corrected chi connectivity index (χ0v) is 36.4. The van der Waals surface area contributed by atoms with E-state index in [2.05, 4.69) is 25.4 Å². The number of nitrogens with one attached hydrogen (secondary N) is 2. The number of fused-ring (bicyclic) bond motifs is 2. The van der Waals surface area contributed by atoms with E-state index in [0.717, 1.165) is 52.7 Å². The predicted octanol–water partition coefficient (Wildman–Crippen LogP) is 6.17. The Morgan fingerprint density at radius 2 is 1.61 bits per heavy atom. The molecule has 4 aliphatic heterocycles. The summed E-state index contributed by atoms with van der Waals surface area (Å²) in [6, 6.07) is 16.1. The number of piperidine rings is 2. The van der Waals surface area contributed by atoms with E-state index >= 15 is 0 Å². The van der Waals surface area contributed by atoms with Gasteiger partial charge in [0, 0.05) is 93.5 Å². The molecule has 3 saturated heterocycles. The number of benzene rings is 3. The number of piperazine rings is 1. The van der Waals surface area contributed by atoms with Gasteiger partial charge < -0.3 is 19.9 Å². The van der Waals surface area contributed by atoms with Crippen molar-refractivity contribution in [3.05, 3.63) is 94.4 Å². The van der Waals surface area contributed by atoms with Gasteiger partial charge in [0.1, 0.15) is 23.7 Å². The number of hydrogen-bond acceptors (Lipinski definition) is 10. The molecular weight excluding hydrogens is 841 g/mol. The second kappa shape index (κ2) is 18.3. The molecule has 1 unspecified atom stereocenters. The maximum Gasteiger partial charge on any atom is 0.262 e. The molecule has 16 heteroatoms. The average Bonchev–Trinajstić information content (AvgIpc) is 3.55. The fraction of sp³-hybridized carbons (Fsp3) is 0.438. The van der Waals surface area contributed by atoms with Crippen LogP contribution >= 0.6 is 11.6 Å². The maximum absolute atomic E-state index is 14.1. The van der Waals surface area contributed by atoms with Crippen LogP contribution in [0.4, 0.5) is 15.8 Å². The first-order valence-corrected chi connectivity index (χ1v) is 22.7. The molecule has 4 aromatic rings. The Bertz CT molecular complexity index is 2520. The molecule has 64 heavy (non-hydrogen) atoms. The highest BCUT2D eigenvalue weighted by Crippen LogP contribution is 2.41. The van der Waals surface area contributed by atoms with Crippen LogP contribution in [-0.4, -0.2) is 113 Å². The summed E-state index contributed by atoms with van der Waals surface area (Å²) in [5.41, 5.74) is 3.79. The molecular formula is C48H51ClFN7O7. The maximum atomic E-state index is 14.1. The molecule has 1 aromatic heterocycles. The number of anilines is 2. The van der Waals surface area contributed by atoms with Crippen molar-refractivity contribution < 1.29 is 37.9 Å². The fourth-order valence-electron chi connectivity index (χ4n) is 10.1. The van der Waals surface area contributed by atoms with Crippen molar-refractivity contribution in [1.29, 1.82) is 0 Å². The number of likely N-dealkylation sites (tertiary alicyclic amines) is 1. The first-order valence-electron chi connectivity index (χ1n) is 22.3. The van der Waals surface area contributed by atoms with Gasteiger partial charge >= 0.3 is 0 Å². The van der Waals surface area contributed by atoms with Crippen LogP contribution in [0.2, 0.25) is 5.02 Å². The van der Waals surface area contributed by atoms with E-state index in [9.17, 15) is 33.2 Å². The van der Waals surface area contributed by atoms with Gasteiger partial charge in [0.25, 0.3) is 11.8 Å². The molecule has 14 nitrogen and oxygen atoms in total. The third-order valence-corrected chi connectivity index (χ3v) is 14.2. The van der Waals surface area contributed by atoms with Gasteiger partial charge in [-0.3, -0.25) is 48.9 Å². The van der Waals surface area contributed by atoms with Gasteiger partial charge in [-0.2, -0.15) is 0 Å². The standard InChI is InChI=1S/C48H51ClFN7O7/c1-28(29-2-4-30(5-3-29)35-14-17-51-40-11-6-31(50)24-37(35)40)45(60)52-32-7-10-39(49)42(25-32)64-34-15-18-56(19-16-34)44(59)27-54-20-22-55(23-21-54)33-8-9-36-38(26-33)48(63)57(47(36)62)41-12-13-43(58)53-46(41)61/h6-11,14,17,24-26,28-30,34,41H,2-5,12-13,15-16,18-23,27H2,1H3,(H,52,60)(H,53,58,61)/t28-,29-,30+,41?/m1/s1. The van der Waals surface area contributed by atoms with Crippen molar-refractivity contribution in [1.82, 2.24) is 25.0 Å². The van der Waals surface area contributed by atoms with Crippen LogP contribution < -0.4 is 20.3 Å². The molecule has 5 aliphatic rings. The van der Waals surface area contributed by atoms with Crippen LogP contribution in [0.5, 0.6) is 5.75 Å². The monoisotopic (exact) mass is 891 g/mol. The lowest BCUT2D eigenvalue weighted by atomic mass is 9.73. The topological polar surface area (TPSA) is 162 Å². The zero-order valence-electron chi connectivity index (χ0n) is 35.7. The molecule has 2 N–H and O–H groups in total. The Labute approximate surface area is 375 Å². The molecule has 0 bridgehead atoms. The van der Waals surface area contributed by atoms with Gasteiger partial charge in [-0.25, -0.2) is 4.39 Å². The fourth-order valence-corrected chi connectivity index (χ4v) is 10.2. The number of pyridine rings is 1. The number of aromatic nitrogens is 1. The van der Waals surface area contributed by atoms with Crippen LogP contribution in [0.25, 0.3) is 10.9 Å². The molecule has 1 saturated carbocycles. The van der Waals surface area contributed by atoms with Crippen molar-refractivity contribution in [2.75, 3.05) is 56.0 Å². The zero-order chi connectivity index (χ0) is 44.6. The van der Waals surface area contributed by atoms with Crippen LogP contribution in [0.1, 0.15) is 90.5 Å². The number of amides is 6. The first kappa shape index (κ1) is 43.3. The molecule has 1 aliphatic carbocycles. The minimum Gasteiger partial charge on any atom is -0.489 e. The second-order valence-corrected chi connectivity index (χ2v) is 18.1. The van der Waals surface area contributed by atoms with Crippen molar-refractivity contribution >= 4 is 69.3 Å². The summed E-state index contributed by atoms with van der Waals surface area (Å²) in [6.07, 6.45) is 6.71. The highest BCUT2D eigenvalue weighted by atomic mass is 35.5. The lowest BCUT2D eigenvalue weighted by molar-refractivity contribution is -0.136. The quantitative estimate of drug-likeness (QED) is 0.176. The van der Waals surface area contributed by atoms with Crippen LogP contribution in [0.3, 0.4) is 0 Å². The first-order chi connectivity index (χ1) is 30.9. The van der Waals surface area contributed by atoms with Crippen molar-refractivity contribution in [2.45, 2.75) is 76.4 Å². The van der Waals surface area contributed by atoms with E-state index in [1.54, 1.807) is 54.7 Å². The molecule has 0 radical (unpaired) electrons. The van der Waals surface area contributed by atoms with E-state index in [1.807, 2.05) is 17.9 Å². The van der Waals surface area contributed by atoms with Gasteiger partial charge in [0.15, 0.2) is 0 Å². The molecule has 334 valence electrons. The summed E-state index contributed by atoms with van der Waals surface area (Å²) in [5.74, 6) is -1.60. The molecule has 0 spiro atoms. The molecule has 9 rings (SSSR count). The van der Waals surface area contributed by atoms with E-state index in [1.165, 1.54) is 6.07 Å². The van der Waals surface area contributed by atoms with Gasteiger partial charge in [-0.15, -0.1) is 0 Å². The summed E-state index contributed by atoms with van der Waals surface area (Å²) in [4.78, 5) is 88.9. The Morgan fingerprint density at radius 1 is 0.859 bits per heavy atom. The van der Waals surface area contributed by atoms with Crippen LogP contribution in [-0.2, 0) is 19.2 Å². The van der Waals surface area contributed by atoms with Gasteiger partial charge in [0.2, 0.25) is 23.6 Å². The second-order valence-electron chi connectivity index (χ2n) is 17.7. The Morgan fingerprint density at radius 3 is 2.36 bits per heavy atom. The van der Waals surface area contributed by atoms with Gasteiger partial charge in [-0.05, 0) is 104 Å². The van der Waals surface area contributed by atoms with Crippen LogP contribution in [0.15, 0.2) is 66.9 Å². The minimum absolute atomic E-state index is 0.0497. The summed E-state index contributed by atoms with van der Waals surface area (Å²) >= 11 is 6.57. The number of nitrogens with zero attached hydrogens (tertiary/aromatic N) is 5. The number of hydrogen-bond donors (Lipinski definition) is 2. The number of carbonyl (C=O) groups excluding carboxylic acids is 6. The number of imide groups is 2. The Balaban J connectivity index is 0.714. The van der Waals surface area contributed by atoms with Crippen molar-refractivity contribution in [3.8, 4) is 5.75 Å². The normalized spacial score (nSPS) is 22.7. The molecule has 4 fully saturated rings. The smallest absolute Gasteiger partial charge is 0.262 e. The van der Waals surface area contributed by atoms with E-state index in [4.69, 9.17) is 16.3 Å². The number of ether oxygens (including phenoxy) is 1. The lowest BCUT2D eigenvalue weighted by Gasteiger charge is -2.38. The largest absolute Gasteiger partial charge is 0.489 e. The van der Waals surface area contributed by atoms with Crippen LogP contribution in [0, 0.1) is 17.7 Å². The van der Waals surface area contributed by atoms with Crippen molar-refractivity contribution in [2.24, 2.45) is 11.8 Å².